The summed E-state index contributed by atoms with van der Waals surface area (Å²) in [4.78, 5) is 0. The Morgan fingerprint density at radius 2 is 1.50 bits per heavy atom. The third-order valence-electron chi connectivity index (χ3n) is 3.46. The lowest BCUT2D eigenvalue weighted by molar-refractivity contribution is 0.173. The molecular formula is C16H14O6. The number of aliphatic hydroxyl groups is 1. The van der Waals surface area contributed by atoms with Gasteiger partial charge in [0, 0.05) is 5.56 Å². The Hall–Kier alpha value is -3.02. The van der Waals surface area contributed by atoms with Crippen LogP contribution in [0, 0.1) is 6.92 Å². The smallest absolute Gasteiger partial charge is 0.200 e. The number of aliphatic hydroxyl groups excluding tert-OH is 1. The topological polar surface area (TPSA) is 110 Å². The summed E-state index contributed by atoms with van der Waals surface area (Å²) in [6.07, 6.45) is 0.394. The van der Waals surface area contributed by atoms with Crippen molar-refractivity contribution in [3.8, 4) is 28.7 Å². The summed E-state index contributed by atoms with van der Waals surface area (Å²) in [6.45, 7) is 1.79. The fraction of sp³-hybridized carbons (Fsp3) is 0.125. The Morgan fingerprint density at radius 3 is 2.14 bits per heavy atom. The summed E-state index contributed by atoms with van der Waals surface area (Å²) in [6, 6.07) is 5.62. The van der Waals surface area contributed by atoms with Gasteiger partial charge >= 0.3 is 0 Å². The van der Waals surface area contributed by atoms with Gasteiger partial charge in [-0.2, -0.15) is 0 Å². The van der Waals surface area contributed by atoms with Crippen LogP contribution >= 0.6 is 0 Å². The zero-order valence-corrected chi connectivity index (χ0v) is 11.6. The number of fused-ring (bicyclic) bond motifs is 1. The van der Waals surface area contributed by atoms with Gasteiger partial charge in [-0.3, -0.25) is 0 Å². The molecule has 0 saturated carbocycles. The van der Waals surface area contributed by atoms with Crippen molar-refractivity contribution in [2.75, 3.05) is 0 Å². The Labute approximate surface area is 125 Å². The molecule has 0 radical (unpaired) electrons. The molecule has 1 aliphatic heterocycles. The van der Waals surface area contributed by atoms with E-state index in [0.717, 1.165) is 5.56 Å². The molecule has 1 heterocycles. The molecule has 2 aromatic carbocycles. The molecule has 1 aliphatic rings. The molecule has 1 unspecified atom stereocenters. The number of benzene rings is 2. The Bertz CT molecular complexity index is 770. The first kappa shape index (κ1) is 13.9. The third kappa shape index (κ3) is 2.14. The van der Waals surface area contributed by atoms with Gasteiger partial charge in [-0.1, -0.05) is 0 Å². The number of hydrogen-bond donors (Lipinski definition) is 5. The molecule has 2 aromatic rings. The highest BCUT2D eigenvalue weighted by atomic mass is 16.5. The summed E-state index contributed by atoms with van der Waals surface area (Å²) in [5.41, 5.74) is 1.39. The summed E-state index contributed by atoms with van der Waals surface area (Å²) in [5.74, 6) is -1.54. The van der Waals surface area contributed by atoms with E-state index >= 15 is 0 Å². The van der Waals surface area contributed by atoms with E-state index < -0.39 is 23.4 Å². The van der Waals surface area contributed by atoms with Crippen molar-refractivity contribution in [2.24, 2.45) is 0 Å². The fourth-order valence-corrected chi connectivity index (χ4v) is 2.41. The van der Waals surface area contributed by atoms with Crippen LogP contribution in [-0.4, -0.2) is 25.5 Å². The van der Waals surface area contributed by atoms with E-state index in [1.54, 1.807) is 19.1 Å². The SMILES string of the molecule is Cc1cc(O)c2c(c1)OC(c1cc(O)c(O)c(O)c1)C(O)=C2. The van der Waals surface area contributed by atoms with Gasteiger partial charge in [-0.15, -0.1) is 0 Å². The van der Waals surface area contributed by atoms with E-state index in [0.29, 0.717) is 11.3 Å². The van der Waals surface area contributed by atoms with E-state index in [1.165, 1.54) is 18.2 Å². The lowest BCUT2D eigenvalue weighted by Crippen LogP contribution is -2.14. The molecule has 0 aromatic heterocycles. The van der Waals surface area contributed by atoms with Crippen molar-refractivity contribution in [3.05, 3.63) is 46.7 Å². The first-order valence-electron chi connectivity index (χ1n) is 6.52. The van der Waals surface area contributed by atoms with Crippen molar-refractivity contribution >= 4 is 6.08 Å². The monoisotopic (exact) mass is 302 g/mol. The first-order chi connectivity index (χ1) is 10.4. The molecule has 0 amide bonds. The molecule has 0 fully saturated rings. The summed E-state index contributed by atoms with van der Waals surface area (Å²) in [7, 11) is 0. The number of phenols is 4. The van der Waals surface area contributed by atoms with Gasteiger partial charge in [0.2, 0.25) is 0 Å². The van der Waals surface area contributed by atoms with Crippen LogP contribution in [0.25, 0.3) is 6.08 Å². The quantitative estimate of drug-likeness (QED) is 0.518. The maximum atomic E-state index is 10.1. The molecular weight excluding hydrogens is 288 g/mol. The fourth-order valence-electron chi connectivity index (χ4n) is 2.41. The van der Waals surface area contributed by atoms with Crippen molar-refractivity contribution in [1.29, 1.82) is 0 Å². The number of aryl methyl sites for hydroxylation is 1. The van der Waals surface area contributed by atoms with Crippen LogP contribution in [0.1, 0.15) is 22.8 Å². The van der Waals surface area contributed by atoms with Gasteiger partial charge in [0.1, 0.15) is 17.3 Å². The summed E-state index contributed by atoms with van der Waals surface area (Å²) in [5, 5.41) is 48.5. The predicted molar refractivity (Wildman–Crippen MR) is 78.3 cm³/mol. The van der Waals surface area contributed by atoms with Crippen LogP contribution in [0.4, 0.5) is 0 Å². The second kappa shape index (κ2) is 4.77. The second-order valence-electron chi connectivity index (χ2n) is 5.17. The van der Waals surface area contributed by atoms with Gasteiger partial charge in [0.15, 0.2) is 23.4 Å². The maximum absolute atomic E-state index is 10.1. The predicted octanol–water partition coefficient (Wildman–Crippen LogP) is 2.85. The molecule has 0 spiro atoms. The highest BCUT2D eigenvalue weighted by molar-refractivity contribution is 5.69. The second-order valence-corrected chi connectivity index (χ2v) is 5.17. The summed E-state index contributed by atoms with van der Waals surface area (Å²) < 4.78 is 5.66. The number of ether oxygens (including phenoxy) is 1. The maximum Gasteiger partial charge on any atom is 0.200 e. The molecule has 6 heteroatoms. The largest absolute Gasteiger partial charge is 0.508 e. The Balaban J connectivity index is 2.08. The average Bonchev–Trinajstić information content (AvgIpc) is 2.44. The number of hydrogen-bond acceptors (Lipinski definition) is 6. The molecule has 5 N–H and O–H groups in total. The van der Waals surface area contributed by atoms with Crippen LogP contribution in [0.3, 0.4) is 0 Å². The van der Waals surface area contributed by atoms with E-state index in [4.69, 9.17) is 4.74 Å². The van der Waals surface area contributed by atoms with Crippen molar-refractivity contribution in [2.45, 2.75) is 13.0 Å². The van der Waals surface area contributed by atoms with Gasteiger partial charge in [0.25, 0.3) is 0 Å². The lowest BCUT2D eigenvalue weighted by Gasteiger charge is -2.25. The number of phenolic OH excluding ortho intramolecular Hbond substituents is 4. The minimum atomic E-state index is -0.967. The minimum absolute atomic E-state index is 0.0172. The standard InChI is InChI=1S/C16H14O6/c1-7-2-10(17)9-6-13(20)16(22-14(9)3-7)8-4-11(18)15(21)12(19)5-8/h2-6,16-21H,1H3. The van der Waals surface area contributed by atoms with E-state index in [-0.39, 0.29) is 17.1 Å². The molecule has 6 nitrogen and oxygen atoms in total. The van der Waals surface area contributed by atoms with Crippen LogP contribution < -0.4 is 4.74 Å². The Morgan fingerprint density at radius 1 is 0.864 bits per heavy atom. The van der Waals surface area contributed by atoms with Crippen LogP contribution in [-0.2, 0) is 0 Å². The van der Waals surface area contributed by atoms with Gasteiger partial charge in [-0.25, -0.2) is 0 Å². The van der Waals surface area contributed by atoms with E-state index in [2.05, 4.69) is 0 Å². The van der Waals surface area contributed by atoms with Gasteiger partial charge in [-0.05, 0) is 42.8 Å². The zero-order chi connectivity index (χ0) is 16.0. The Kier molecular flexibility index (Phi) is 3.02. The average molecular weight is 302 g/mol. The molecule has 0 aliphatic carbocycles. The lowest BCUT2D eigenvalue weighted by atomic mass is 10.00. The molecule has 3 rings (SSSR count). The highest BCUT2D eigenvalue weighted by Crippen LogP contribution is 2.44. The van der Waals surface area contributed by atoms with Crippen LogP contribution in [0.2, 0.25) is 0 Å². The number of aromatic hydroxyl groups is 4. The van der Waals surface area contributed by atoms with Crippen LogP contribution in [0.5, 0.6) is 28.7 Å². The van der Waals surface area contributed by atoms with E-state index in [1.807, 2.05) is 0 Å². The van der Waals surface area contributed by atoms with Crippen molar-refractivity contribution in [3.63, 3.8) is 0 Å². The third-order valence-corrected chi connectivity index (χ3v) is 3.46. The zero-order valence-electron chi connectivity index (χ0n) is 11.6. The normalized spacial score (nSPS) is 16.6. The highest BCUT2D eigenvalue weighted by Gasteiger charge is 2.27. The molecule has 114 valence electrons. The first-order valence-corrected chi connectivity index (χ1v) is 6.52. The van der Waals surface area contributed by atoms with Crippen LogP contribution in [0.15, 0.2) is 30.0 Å². The molecule has 1 atom stereocenters. The minimum Gasteiger partial charge on any atom is -0.508 e. The van der Waals surface area contributed by atoms with Crippen molar-refractivity contribution < 1.29 is 30.3 Å². The van der Waals surface area contributed by atoms with Gasteiger partial charge in [0.05, 0.1) is 5.56 Å². The summed E-state index contributed by atoms with van der Waals surface area (Å²) >= 11 is 0. The van der Waals surface area contributed by atoms with E-state index in [9.17, 15) is 25.5 Å². The molecule has 0 bridgehead atoms. The molecule has 22 heavy (non-hydrogen) atoms. The van der Waals surface area contributed by atoms with Crippen molar-refractivity contribution in [1.82, 2.24) is 0 Å². The number of rotatable bonds is 1. The van der Waals surface area contributed by atoms with Gasteiger partial charge < -0.3 is 30.3 Å². The molecule has 0 saturated heterocycles.